The predicted molar refractivity (Wildman–Crippen MR) is 74.6 cm³/mol. The molecule has 0 bridgehead atoms. The molecule has 2 aromatic heterocycles. The molecular weight excluding hydrogens is 296 g/mol. The topological polar surface area (TPSA) is 95.0 Å². The van der Waals surface area contributed by atoms with E-state index in [-0.39, 0.29) is 22.4 Å². The Balaban J connectivity index is 2.01. The molecule has 0 spiro atoms. The summed E-state index contributed by atoms with van der Waals surface area (Å²) in [5.41, 5.74) is 0.909. The van der Waals surface area contributed by atoms with Crippen LogP contribution in [0.25, 0.3) is 22.8 Å². The van der Waals surface area contributed by atoms with Crippen molar-refractivity contribution in [3.05, 3.63) is 57.9 Å². The van der Waals surface area contributed by atoms with E-state index in [0.717, 1.165) is 0 Å². The van der Waals surface area contributed by atoms with Crippen molar-refractivity contribution in [2.45, 2.75) is 0 Å². The molecule has 104 valence electrons. The number of nitro groups is 1. The molecule has 0 radical (unpaired) electrons. The van der Waals surface area contributed by atoms with Crippen molar-refractivity contribution < 1.29 is 9.45 Å². The zero-order chi connectivity index (χ0) is 14.8. The minimum absolute atomic E-state index is 0.0553. The van der Waals surface area contributed by atoms with E-state index in [2.05, 4.69) is 15.1 Å². The van der Waals surface area contributed by atoms with Crippen molar-refractivity contribution in [2.75, 3.05) is 0 Å². The van der Waals surface area contributed by atoms with Gasteiger partial charge in [0.05, 0.1) is 10.5 Å². The van der Waals surface area contributed by atoms with E-state index in [1.807, 2.05) is 0 Å². The molecule has 0 fully saturated rings. The first-order valence-electron chi connectivity index (χ1n) is 5.83. The van der Waals surface area contributed by atoms with E-state index in [0.29, 0.717) is 11.1 Å². The number of halogens is 1. The van der Waals surface area contributed by atoms with Crippen LogP contribution in [-0.4, -0.2) is 20.0 Å². The number of pyridine rings is 1. The molecule has 0 unspecified atom stereocenters. The first-order chi connectivity index (χ1) is 10.1. The van der Waals surface area contributed by atoms with Gasteiger partial charge in [-0.2, -0.15) is 4.98 Å². The summed E-state index contributed by atoms with van der Waals surface area (Å²) in [5, 5.41) is 14.7. The number of nitro benzene ring substituents is 1. The number of hydrogen-bond acceptors (Lipinski definition) is 6. The molecule has 0 aliphatic rings. The third-order valence-corrected chi connectivity index (χ3v) is 3.06. The average Bonchev–Trinajstić information content (AvgIpc) is 2.98. The number of hydrogen-bond donors (Lipinski definition) is 0. The van der Waals surface area contributed by atoms with Gasteiger partial charge in [0.2, 0.25) is 5.82 Å². The van der Waals surface area contributed by atoms with Crippen molar-refractivity contribution in [2.24, 2.45) is 0 Å². The number of nitrogens with zero attached hydrogens (tertiary/aromatic N) is 4. The van der Waals surface area contributed by atoms with Crippen molar-refractivity contribution in [1.82, 2.24) is 15.1 Å². The Kier molecular flexibility index (Phi) is 3.33. The number of aromatic nitrogens is 3. The summed E-state index contributed by atoms with van der Waals surface area (Å²) in [4.78, 5) is 18.5. The van der Waals surface area contributed by atoms with E-state index >= 15 is 0 Å². The Morgan fingerprint density at radius 3 is 2.81 bits per heavy atom. The summed E-state index contributed by atoms with van der Waals surface area (Å²) in [5.74, 6) is 0.532. The summed E-state index contributed by atoms with van der Waals surface area (Å²) in [6, 6.07) is 7.84. The maximum absolute atomic E-state index is 10.9. The minimum Gasteiger partial charge on any atom is -0.334 e. The van der Waals surface area contributed by atoms with Gasteiger partial charge in [0.15, 0.2) is 0 Å². The molecule has 3 rings (SSSR count). The standard InChI is InChI=1S/C13H7ClN4O3/c14-10-4-3-8(6-11(10)18(19)20)12-16-13(21-17-12)9-2-1-5-15-7-9/h1-7H. The Hall–Kier alpha value is -2.80. The molecule has 3 aromatic rings. The molecule has 0 aliphatic carbocycles. The summed E-state index contributed by atoms with van der Waals surface area (Å²) >= 11 is 5.77. The maximum atomic E-state index is 10.9. The smallest absolute Gasteiger partial charge is 0.288 e. The predicted octanol–water partition coefficient (Wildman–Crippen LogP) is 3.36. The van der Waals surface area contributed by atoms with Crippen LogP contribution in [0.2, 0.25) is 5.02 Å². The van der Waals surface area contributed by atoms with Gasteiger partial charge in [-0.1, -0.05) is 16.8 Å². The summed E-state index contributed by atoms with van der Waals surface area (Å²) < 4.78 is 5.13. The van der Waals surface area contributed by atoms with Crippen molar-refractivity contribution in [3.63, 3.8) is 0 Å². The molecule has 8 heteroatoms. The minimum atomic E-state index is -0.562. The zero-order valence-electron chi connectivity index (χ0n) is 10.4. The third kappa shape index (κ3) is 2.59. The lowest BCUT2D eigenvalue weighted by Gasteiger charge is -1.97. The van der Waals surface area contributed by atoms with Gasteiger partial charge >= 0.3 is 0 Å². The normalized spacial score (nSPS) is 10.5. The molecule has 0 saturated carbocycles. The highest BCUT2D eigenvalue weighted by molar-refractivity contribution is 6.32. The van der Waals surface area contributed by atoms with Crippen LogP contribution in [0.3, 0.4) is 0 Å². The van der Waals surface area contributed by atoms with Gasteiger partial charge in [-0.05, 0) is 24.3 Å². The van der Waals surface area contributed by atoms with Gasteiger partial charge in [-0.3, -0.25) is 15.1 Å². The largest absolute Gasteiger partial charge is 0.334 e. The molecule has 1 aromatic carbocycles. The second-order valence-corrected chi connectivity index (χ2v) is 4.50. The van der Waals surface area contributed by atoms with E-state index in [1.54, 1.807) is 30.6 Å². The first kappa shape index (κ1) is 13.2. The van der Waals surface area contributed by atoms with Crippen LogP contribution in [0.1, 0.15) is 0 Å². The Bertz CT molecular complexity index is 804. The summed E-state index contributed by atoms with van der Waals surface area (Å²) in [6.45, 7) is 0. The van der Waals surface area contributed by atoms with Gasteiger partial charge < -0.3 is 4.52 Å². The Morgan fingerprint density at radius 1 is 1.24 bits per heavy atom. The maximum Gasteiger partial charge on any atom is 0.288 e. The van der Waals surface area contributed by atoms with Crippen LogP contribution in [0.5, 0.6) is 0 Å². The van der Waals surface area contributed by atoms with Crippen LogP contribution in [0.4, 0.5) is 5.69 Å². The van der Waals surface area contributed by atoms with E-state index in [1.165, 1.54) is 12.1 Å². The van der Waals surface area contributed by atoms with Crippen LogP contribution in [0.15, 0.2) is 47.2 Å². The van der Waals surface area contributed by atoms with Crippen molar-refractivity contribution in [1.29, 1.82) is 0 Å². The number of rotatable bonds is 3. The third-order valence-electron chi connectivity index (χ3n) is 2.74. The Morgan fingerprint density at radius 2 is 2.10 bits per heavy atom. The molecule has 0 N–H and O–H groups in total. The fraction of sp³-hybridized carbons (Fsp3) is 0. The van der Waals surface area contributed by atoms with Crippen LogP contribution in [-0.2, 0) is 0 Å². The molecule has 0 saturated heterocycles. The molecular formula is C13H7ClN4O3. The van der Waals surface area contributed by atoms with Crippen molar-refractivity contribution >= 4 is 17.3 Å². The lowest BCUT2D eigenvalue weighted by Crippen LogP contribution is -1.90. The van der Waals surface area contributed by atoms with E-state index < -0.39 is 4.92 Å². The van der Waals surface area contributed by atoms with Gasteiger partial charge in [0, 0.05) is 24.0 Å². The zero-order valence-corrected chi connectivity index (χ0v) is 11.2. The van der Waals surface area contributed by atoms with E-state index in [9.17, 15) is 10.1 Å². The lowest BCUT2D eigenvalue weighted by atomic mass is 10.2. The monoisotopic (exact) mass is 302 g/mol. The highest BCUT2D eigenvalue weighted by Gasteiger charge is 2.17. The van der Waals surface area contributed by atoms with Crippen LogP contribution < -0.4 is 0 Å². The van der Waals surface area contributed by atoms with Crippen molar-refractivity contribution in [3.8, 4) is 22.8 Å². The second-order valence-electron chi connectivity index (χ2n) is 4.09. The fourth-order valence-corrected chi connectivity index (χ4v) is 1.93. The van der Waals surface area contributed by atoms with Gasteiger partial charge in [0.25, 0.3) is 11.6 Å². The molecule has 0 atom stereocenters. The Labute approximate surface area is 123 Å². The quantitative estimate of drug-likeness (QED) is 0.544. The molecule has 0 amide bonds. The van der Waals surface area contributed by atoms with Gasteiger partial charge in [0.1, 0.15) is 5.02 Å². The van der Waals surface area contributed by atoms with Crippen LogP contribution in [0, 0.1) is 10.1 Å². The SMILES string of the molecule is O=[N+]([O-])c1cc(-c2noc(-c3cccnc3)n2)ccc1Cl. The molecule has 2 heterocycles. The lowest BCUT2D eigenvalue weighted by molar-refractivity contribution is -0.384. The fourth-order valence-electron chi connectivity index (χ4n) is 1.74. The highest BCUT2D eigenvalue weighted by atomic mass is 35.5. The summed E-state index contributed by atoms with van der Waals surface area (Å²) in [7, 11) is 0. The number of benzene rings is 1. The molecule has 7 nitrogen and oxygen atoms in total. The van der Waals surface area contributed by atoms with Gasteiger partial charge in [-0.15, -0.1) is 0 Å². The average molecular weight is 303 g/mol. The second kappa shape index (κ2) is 5.29. The highest BCUT2D eigenvalue weighted by Crippen LogP contribution is 2.29. The first-order valence-corrected chi connectivity index (χ1v) is 6.21. The molecule has 0 aliphatic heterocycles. The van der Waals surface area contributed by atoms with Crippen LogP contribution >= 0.6 is 11.6 Å². The van der Waals surface area contributed by atoms with E-state index in [4.69, 9.17) is 16.1 Å². The van der Waals surface area contributed by atoms with Gasteiger partial charge in [-0.25, -0.2) is 0 Å². The summed E-state index contributed by atoms with van der Waals surface area (Å²) in [6.07, 6.45) is 3.21. The molecule has 21 heavy (non-hydrogen) atoms.